The Morgan fingerprint density at radius 3 is 2.88 bits per heavy atom. The predicted octanol–water partition coefficient (Wildman–Crippen LogP) is 1.88. The zero-order chi connectivity index (χ0) is 12.3. The van der Waals surface area contributed by atoms with Gasteiger partial charge in [0.25, 0.3) is 0 Å². The van der Waals surface area contributed by atoms with E-state index in [0.717, 1.165) is 17.8 Å². The first-order valence-electron chi connectivity index (χ1n) is 5.59. The summed E-state index contributed by atoms with van der Waals surface area (Å²) in [6.07, 6.45) is 2.86. The molecular formula is C11H15NO4S. The van der Waals surface area contributed by atoms with E-state index in [-0.39, 0.29) is 4.88 Å². The molecule has 0 atom stereocenters. The summed E-state index contributed by atoms with van der Waals surface area (Å²) in [6, 6.07) is 0. The number of aromatic nitrogens is 1. The second-order valence-electron chi connectivity index (χ2n) is 3.87. The van der Waals surface area contributed by atoms with Crippen LogP contribution < -0.4 is 0 Å². The molecule has 0 bridgehead atoms. The van der Waals surface area contributed by atoms with Crippen LogP contribution in [0.2, 0.25) is 0 Å². The number of hydrogen-bond acceptors (Lipinski definition) is 5. The minimum Gasteiger partial charge on any atom is -0.477 e. The summed E-state index contributed by atoms with van der Waals surface area (Å²) in [5.74, 6) is -0.938. The van der Waals surface area contributed by atoms with E-state index in [0.29, 0.717) is 19.8 Å². The van der Waals surface area contributed by atoms with Crippen LogP contribution in [0.1, 0.15) is 34.4 Å². The topological polar surface area (TPSA) is 68.7 Å². The second kappa shape index (κ2) is 5.12. The van der Waals surface area contributed by atoms with Crippen molar-refractivity contribution in [1.29, 1.82) is 0 Å². The monoisotopic (exact) mass is 257 g/mol. The molecule has 0 aromatic carbocycles. The molecule has 6 heteroatoms. The fourth-order valence-electron chi connectivity index (χ4n) is 1.98. The molecule has 1 fully saturated rings. The summed E-state index contributed by atoms with van der Waals surface area (Å²) in [5, 5.41) is 9.67. The number of aromatic carboxylic acids is 1. The summed E-state index contributed by atoms with van der Waals surface area (Å²) >= 11 is 1.20. The number of carboxylic acids is 1. The lowest BCUT2D eigenvalue weighted by molar-refractivity contribution is -0.112. The molecule has 0 radical (unpaired) electrons. The van der Waals surface area contributed by atoms with Gasteiger partial charge < -0.3 is 14.6 Å². The third kappa shape index (κ3) is 2.48. The van der Waals surface area contributed by atoms with Gasteiger partial charge in [0.15, 0.2) is 0 Å². The molecule has 0 amide bonds. The highest BCUT2D eigenvalue weighted by Gasteiger charge is 2.38. The third-order valence-corrected chi connectivity index (χ3v) is 4.00. The van der Waals surface area contributed by atoms with E-state index in [9.17, 15) is 4.79 Å². The van der Waals surface area contributed by atoms with E-state index in [1.54, 1.807) is 0 Å². The molecule has 1 aliphatic heterocycles. The summed E-state index contributed by atoms with van der Waals surface area (Å²) in [4.78, 5) is 15.3. The smallest absolute Gasteiger partial charge is 0.347 e. The first kappa shape index (κ1) is 12.5. The zero-order valence-electron chi connectivity index (χ0n) is 9.64. The summed E-state index contributed by atoms with van der Waals surface area (Å²) < 4.78 is 11.2. The molecule has 0 spiro atoms. The van der Waals surface area contributed by atoms with Gasteiger partial charge >= 0.3 is 5.97 Å². The first-order chi connectivity index (χ1) is 8.18. The van der Waals surface area contributed by atoms with Crippen LogP contribution in [-0.2, 0) is 15.1 Å². The Balaban J connectivity index is 2.27. The van der Waals surface area contributed by atoms with Gasteiger partial charge in [-0.3, -0.25) is 0 Å². The van der Waals surface area contributed by atoms with Gasteiger partial charge in [-0.1, -0.05) is 0 Å². The molecule has 1 aliphatic rings. The summed E-state index contributed by atoms with van der Waals surface area (Å²) in [6.45, 7) is 3.77. The van der Waals surface area contributed by atoms with Crippen molar-refractivity contribution < 1.29 is 19.4 Å². The summed E-state index contributed by atoms with van der Waals surface area (Å²) in [5.41, 5.74) is -0.453. The van der Waals surface area contributed by atoms with E-state index in [1.807, 2.05) is 6.92 Å². The van der Waals surface area contributed by atoms with Gasteiger partial charge in [0.2, 0.25) is 0 Å². The van der Waals surface area contributed by atoms with Crippen LogP contribution in [0.25, 0.3) is 0 Å². The Morgan fingerprint density at radius 2 is 2.35 bits per heavy atom. The summed E-state index contributed by atoms with van der Waals surface area (Å²) in [7, 11) is 0. The number of nitrogens with zero attached hydrogens (tertiary/aromatic N) is 1. The van der Waals surface area contributed by atoms with E-state index in [4.69, 9.17) is 14.6 Å². The number of thiazole rings is 1. The van der Waals surface area contributed by atoms with Crippen molar-refractivity contribution in [3.8, 4) is 0 Å². The molecule has 94 valence electrons. The third-order valence-electron chi connectivity index (χ3n) is 2.83. The largest absolute Gasteiger partial charge is 0.477 e. The van der Waals surface area contributed by atoms with Crippen LogP contribution in [0.5, 0.6) is 0 Å². The molecule has 0 saturated carbocycles. The molecule has 17 heavy (non-hydrogen) atoms. The normalized spacial score (nSPS) is 19.1. The van der Waals surface area contributed by atoms with Crippen LogP contribution in [-0.4, -0.2) is 35.9 Å². The highest BCUT2D eigenvalue weighted by Crippen LogP contribution is 2.38. The standard InChI is InChI=1S/C11H15NO4S/c1-2-16-11(3-5-15-6-4-11)10-12-7-8(17-10)9(13)14/h7H,2-6H2,1H3,(H,13,14). The average Bonchev–Trinajstić information content (AvgIpc) is 2.80. The van der Waals surface area contributed by atoms with Crippen molar-refractivity contribution in [2.45, 2.75) is 25.4 Å². The highest BCUT2D eigenvalue weighted by molar-refractivity contribution is 7.13. The Labute approximate surface area is 103 Å². The number of hydrogen-bond donors (Lipinski definition) is 1. The molecule has 1 saturated heterocycles. The Bertz CT molecular complexity index is 392. The van der Waals surface area contributed by atoms with E-state index < -0.39 is 11.6 Å². The van der Waals surface area contributed by atoms with Gasteiger partial charge in [-0.05, 0) is 6.92 Å². The number of ether oxygens (including phenoxy) is 2. The molecule has 0 aliphatic carbocycles. The molecule has 0 unspecified atom stereocenters. The Hall–Kier alpha value is -0.980. The highest BCUT2D eigenvalue weighted by atomic mass is 32.1. The van der Waals surface area contributed by atoms with Crippen LogP contribution in [0.4, 0.5) is 0 Å². The van der Waals surface area contributed by atoms with E-state index >= 15 is 0 Å². The molecule has 1 aromatic rings. The molecule has 2 heterocycles. The van der Waals surface area contributed by atoms with Crippen molar-refractivity contribution >= 4 is 17.3 Å². The SMILES string of the molecule is CCOC1(c2ncc(C(=O)O)s2)CCOCC1. The maximum absolute atomic E-state index is 10.9. The van der Waals surface area contributed by atoms with E-state index in [2.05, 4.69) is 4.98 Å². The first-order valence-corrected chi connectivity index (χ1v) is 6.41. The maximum Gasteiger partial charge on any atom is 0.347 e. The van der Waals surface area contributed by atoms with Gasteiger partial charge in [-0.2, -0.15) is 0 Å². The van der Waals surface area contributed by atoms with Gasteiger partial charge in [0.1, 0.15) is 15.5 Å². The fourth-order valence-corrected chi connectivity index (χ4v) is 2.94. The minimum absolute atomic E-state index is 0.255. The fraction of sp³-hybridized carbons (Fsp3) is 0.636. The van der Waals surface area contributed by atoms with Crippen molar-refractivity contribution in [2.24, 2.45) is 0 Å². The number of carbonyl (C=O) groups is 1. The Morgan fingerprint density at radius 1 is 1.65 bits per heavy atom. The predicted molar refractivity (Wildman–Crippen MR) is 62.4 cm³/mol. The molecule has 2 rings (SSSR count). The lowest BCUT2D eigenvalue weighted by Crippen LogP contribution is -2.36. The van der Waals surface area contributed by atoms with Gasteiger partial charge in [-0.15, -0.1) is 11.3 Å². The lowest BCUT2D eigenvalue weighted by atomic mass is 9.95. The Kier molecular flexibility index (Phi) is 3.76. The molecule has 1 N–H and O–H groups in total. The van der Waals surface area contributed by atoms with Crippen molar-refractivity contribution in [1.82, 2.24) is 4.98 Å². The zero-order valence-corrected chi connectivity index (χ0v) is 10.5. The van der Waals surface area contributed by atoms with Crippen molar-refractivity contribution in [3.63, 3.8) is 0 Å². The average molecular weight is 257 g/mol. The van der Waals surface area contributed by atoms with Crippen molar-refractivity contribution in [2.75, 3.05) is 19.8 Å². The van der Waals surface area contributed by atoms with Gasteiger partial charge in [-0.25, -0.2) is 9.78 Å². The quantitative estimate of drug-likeness (QED) is 0.892. The molecule has 1 aromatic heterocycles. The van der Waals surface area contributed by atoms with Crippen LogP contribution >= 0.6 is 11.3 Å². The molecule has 5 nitrogen and oxygen atoms in total. The van der Waals surface area contributed by atoms with E-state index in [1.165, 1.54) is 17.5 Å². The van der Waals surface area contributed by atoms with Crippen LogP contribution in [0.3, 0.4) is 0 Å². The van der Waals surface area contributed by atoms with Gasteiger partial charge in [0.05, 0.1) is 6.20 Å². The van der Waals surface area contributed by atoms with Gasteiger partial charge in [0, 0.05) is 32.7 Å². The van der Waals surface area contributed by atoms with Crippen molar-refractivity contribution in [3.05, 3.63) is 16.1 Å². The maximum atomic E-state index is 10.9. The lowest BCUT2D eigenvalue weighted by Gasteiger charge is -2.34. The van der Waals surface area contributed by atoms with Crippen LogP contribution in [0.15, 0.2) is 6.20 Å². The number of carboxylic acid groups (broad SMARTS) is 1. The molecular weight excluding hydrogens is 242 g/mol. The second-order valence-corrected chi connectivity index (χ2v) is 4.91. The number of rotatable bonds is 4. The minimum atomic E-state index is -0.938. The van der Waals surface area contributed by atoms with Crippen LogP contribution in [0, 0.1) is 0 Å².